The highest BCUT2D eigenvalue weighted by Gasteiger charge is 2.23. The van der Waals surface area contributed by atoms with Gasteiger partial charge in [-0.05, 0) is 36.5 Å². The summed E-state index contributed by atoms with van der Waals surface area (Å²) in [5.41, 5.74) is 0.986. The van der Waals surface area contributed by atoms with Gasteiger partial charge in [-0.15, -0.1) is 5.10 Å². The molecule has 1 aromatic carbocycles. The third kappa shape index (κ3) is 5.48. The molecule has 0 aliphatic heterocycles. The number of nitrogens with zero attached hydrogens (tertiary/aromatic N) is 3. The molecule has 0 aliphatic rings. The van der Waals surface area contributed by atoms with Crippen molar-refractivity contribution in [3.8, 4) is 22.1 Å². The van der Waals surface area contributed by atoms with Crippen LogP contribution in [0.25, 0.3) is 11.1 Å². The van der Waals surface area contributed by atoms with E-state index >= 15 is 0 Å². The molecule has 0 aliphatic carbocycles. The number of nitrogens with one attached hydrogen (secondary N) is 2. The van der Waals surface area contributed by atoms with Gasteiger partial charge < -0.3 is 14.8 Å². The molecule has 12 heteroatoms. The standard InChI is InChI=1S/C20H19ClFN5O4S/c1-10-8-12(16-15(30-3)5-4-14(21)17(16)22)13(9-24-10)18(29)25-19-26-27-20(32-19)31-7-6-23-11(2)28/h4-5,8-9H,6-7H2,1-3H3,(H,23,28)(H,25,26,29). The number of aromatic nitrogens is 3. The van der Waals surface area contributed by atoms with Gasteiger partial charge >= 0.3 is 0 Å². The predicted octanol–water partition coefficient (Wildman–Crippen LogP) is 3.48. The van der Waals surface area contributed by atoms with E-state index in [1.165, 1.54) is 32.4 Å². The second kappa shape index (κ2) is 10.3. The zero-order valence-corrected chi connectivity index (χ0v) is 18.9. The van der Waals surface area contributed by atoms with Gasteiger partial charge in [-0.3, -0.25) is 19.9 Å². The molecule has 32 heavy (non-hydrogen) atoms. The SMILES string of the molecule is COc1ccc(Cl)c(F)c1-c1cc(C)ncc1C(=O)Nc1nnc(OCCNC(C)=O)s1. The first-order valence-corrected chi connectivity index (χ1v) is 10.5. The van der Waals surface area contributed by atoms with Crippen molar-refractivity contribution in [1.82, 2.24) is 20.5 Å². The molecular weight excluding hydrogens is 461 g/mol. The fourth-order valence-electron chi connectivity index (χ4n) is 2.75. The maximum absolute atomic E-state index is 14.9. The number of carbonyl (C=O) groups is 2. The number of aryl methyl sites for hydroxylation is 1. The van der Waals surface area contributed by atoms with E-state index in [-0.39, 0.29) is 50.3 Å². The quantitative estimate of drug-likeness (QED) is 0.475. The van der Waals surface area contributed by atoms with Gasteiger partial charge in [0.1, 0.15) is 12.4 Å². The number of benzene rings is 1. The summed E-state index contributed by atoms with van der Waals surface area (Å²) in [4.78, 5) is 28.0. The molecule has 0 saturated heterocycles. The Morgan fingerprint density at radius 3 is 2.78 bits per heavy atom. The van der Waals surface area contributed by atoms with Crippen molar-refractivity contribution in [2.24, 2.45) is 0 Å². The maximum Gasteiger partial charge on any atom is 0.295 e. The molecular formula is C20H19ClFN5O4S. The van der Waals surface area contributed by atoms with Crippen LogP contribution in [0.5, 0.6) is 10.9 Å². The number of ether oxygens (including phenoxy) is 2. The summed E-state index contributed by atoms with van der Waals surface area (Å²) in [6, 6.07) is 4.47. The Morgan fingerprint density at radius 1 is 1.28 bits per heavy atom. The molecule has 3 rings (SSSR count). The van der Waals surface area contributed by atoms with Crippen LogP contribution in [0.3, 0.4) is 0 Å². The van der Waals surface area contributed by atoms with E-state index in [1.54, 1.807) is 13.0 Å². The average Bonchev–Trinajstić information content (AvgIpc) is 3.19. The van der Waals surface area contributed by atoms with Crippen LogP contribution in [0, 0.1) is 12.7 Å². The number of anilines is 1. The van der Waals surface area contributed by atoms with E-state index < -0.39 is 11.7 Å². The zero-order valence-electron chi connectivity index (χ0n) is 17.4. The minimum absolute atomic E-state index is 0.0508. The molecule has 3 aromatic rings. The molecule has 2 amide bonds. The highest BCUT2D eigenvalue weighted by Crippen LogP contribution is 2.38. The van der Waals surface area contributed by atoms with E-state index in [0.29, 0.717) is 12.2 Å². The molecule has 0 saturated carbocycles. The molecule has 0 fully saturated rings. The lowest BCUT2D eigenvalue weighted by Crippen LogP contribution is -2.25. The van der Waals surface area contributed by atoms with Gasteiger partial charge in [0.05, 0.1) is 29.8 Å². The normalized spacial score (nSPS) is 10.5. The fourth-order valence-corrected chi connectivity index (χ4v) is 3.52. The van der Waals surface area contributed by atoms with Crippen LogP contribution in [0.15, 0.2) is 24.4 Å². The number of hydrogen-bond acceptors (Lipinski definition) is 8. The average molecular weight is 480 g/mol. The van der Waals surface area contributed by atoms with Gasteiger partial charge in [0.2, 0.25) is 11.0 Å². The van der Waals surface area contributed by atoms with Crippen LogP contribution >= 0.6 is 22.9 Å². The number of amides is 2. The van der Waals surface area contributed by atoms with Gasteiger partial charge in [0.25, 0.3) is 11.1 Å². The van der Waals surface area contributed by atoms with Crippen LogP contribution in [0.2, 0.25) is 5.02 Å². The molecule has 0 unspecified atom stereocenters. The Morgan fingerprint density at radius 2 is 2.06 bits per heavy atom. The largest absolute Gasteiger partial charge is 0.496 e. The summed E-state index contributed by atoms with van der Waals surface area (Å²) >= 11 is 6.97. The first-order valence-electron chi connectivity index (χ1n) is 9.31. The van der Waals surface area contributed by atoms with Crippen LogP contribution in [0.1, 0.15) is 23.0 Å². The lowest BCUT2D eigenvalue weighted by molar-refractivity contribution is -0.119. The summed E-state index contributed by atoms with van der Waals surface area (Å²) < 4.78 is 25.6. The van der Waals surface area contributed by atoms with E-state index in [1.807, 2.05) is 0 Å². The lowest BCUT2D eigenvalue weighted by Gasteiger charge is -2.14. The molecule has 0 radical (unpaired) electrons. The molecule has 0 spiro atoms. The van der Waals surface area contributed by atoms with Crippen molar-refractivity contribution in [2.45, 2.75) is 13.8 Å². The van der Waals surface area contributed by atoms with Crippen LogP contribution in [0.4, 0.5) is 9.52 Å². The topological polar surface area (TPSA) is 115 Å². The lowest BCUT2D eigenvalue weighted by atomic mass is 9.98. The van der Waals surface area contributed by atoms with Crippen LogP contribution in [-0.4, -0.2) is 47.3 Å². The van der Waals surface area contributed by atoms with Gasteiger partial charge in [0.15, 0.2) is 5.82 Å². The molecule has 0 atom stereocenters. The summed E-state index contributed by atoms with van der Waals surface area (Å²) in [7, 11) is 1.40. The molecule has 9 nitrogen and oxygen atoms in total. The Labute approximate surface area is 191 Å². The van der Waals surface area contributed by atoms with Crippen molar-refractivity contribution in [3.05, 3.63) is 46.5 Å². The third-order valence-corrected chi connectivity index (χ3v) is 5.20. The van der Waals surface area contributed by atoms with E-state index in [0.717, 1.165) is 11.3 Å². The number of methoxy groups -OCH3 is 1. The van der Waals surface area contributed by atoms with Crippen LogP contribution < -0.4 is 20.1 Å². The third-order valence-electron chi connectivity index (χ3n) is 4.16. The Hall–Kier alpha value is -3.31. The molecule has 2 N–H and O–H groups in total. The Bertz CT molecular complexity index is 1160. The second-order valence-corrected chi connectivity index (χ2v) is 7.82. The van der Waals surface area contributed by atoms with Gasteiger partial charge in [0, 0.05) is 24.4 Å². The highest BCUT2D eigenvalue weighted by atomic mass is 35.5. The molecule has 168 valence electrons. The first-order chi connectivity index (χ1) is 15.3. The molecule has 2 heterocycles. The monoisotopic (exact) mass is 479 g/mol. The molecule has 2 aromatic heterocycles. The summed E-state index contributed by atoms with van der Waals surface area (Å²) in [6.07, 6.45) is 1.34. The van der Waals surface area contributed by atoms with Crippen molar-refractivity contribution in [2.75, 3.05) is 25.6 Å². The number of carbonyl (C=O) groups excluding carboxylic acids is 2. The fraction of sp³-hybridized carbons (Fsp3) is 0.250. The summed E-state index contributed by atoms with van der Waals surface area (Å²) in [6.45, 7) is 3.62. The number of rotatable bonds is 8. The zero-order chi connectivity index (χ0) is 23.3. The Balaban J connectivity index is 1.84. The van der Waals surface area contributed by atoms with Crippen molar-refractivity contribution >= 4 is 39.9 Å². The number of hydrogen-bond donors (Lipinski definition) is 2. The van der Waals surface area contributed by atoms with Crippen LogP contribution in [-0.2, 0) is 4.79 Å². The van der Waals surface area contributed by atoms with Gasteiger partial charge in [-0.1, -0.05) is 16.7 Å². The van der Waals surface area contributed by atoms with Crippen molar-refractivity contribution in [1.29, 1.82) is 0 Å². The smallest absolute Gasteiger partial charge is 0.295 e. The number of pyridine rings is 1. The van der Waals surface area contributed by atoms with Crippen molar-refractivity contribution < 1.29 is 23.5 Å². The molecule has 0 bridgehead atoms. The Kier molecular flexibility index (Phi) is 7.54. The number of halogens is 2. The minimum Gasteiger partial charge on any atom is -0.496 e. The van der Waals surface area contributed by atoms with Gasteiger partial charge in [-0.2, -0.15) is 0 Å². The highest BCUT2D eigenvalue weighted by molar-refractivity contribution is 7.17. The van der Waals surface area contributed by atoms with Crippen molar-refractivity contribution in [3.63, 3.8) is 0 Å². The summed E-state index contributed by atoms with van der Waals surface area (Å²) in [5, 5.41) is 13.2. The predicted molar refractivity (Wildman–Crippen MR) is 118 cm³/mol. The summed E-state index contributed by atoms with van der Waals surface area (Å²) in [5.74, 6) is -1.24. The van der Waals surface area contributed by atoms with E-state index in [4.69, 9.17) is 21.1 Å². The van der Waals surface area contributed by atoms with E-state index in [9.17, 15) is 14.0 Å². The second-order valence-electron chi connectivity index (χ2n) is 6.47. The van der Waals surface area contributed by atoms with E-state index in [2.05, 4.69) is 25.8 Å². The minimum atomic E-state index is -0.712. The first kappa shape index (κ1) is 23.4. The van der Waals surface area contributed by atoms with Gasteiger partial charge in [-0.25, -0.2) is 4.39 Å². The maximum atomic E-state index is 14.9.